The minimum atomic E-state index is -0.231. The van der Waals surface area contributed by atoms with Crippen LogP contribution in [0.2, 0.25) is 0 Å². The summed E-state index contributed by atoms with van der Waals surface area (Å²) in [5.74, 6) is -0.231. The van der Waals surface area contributed by atoms with E-state index in [0.717, 1.165) is 0 Å². The number of hydrogen-bond acceptors (Lipinski definition) is 3. The maximum atomic E-state index is 11.7. The van der Waals surface area contributed by atoms with E-state index in [1.54, 1.807) is 24.3 Å². The minimum absolute atomic E-state index is 0.0709. The minimum Gasteiger partial charge on any atom is -0.394 e. The summed E-state index contributed by atoms with van der Waals surface area (Å²) in [4.78, 5) is 11.7. The first-order chi connectivity index (χ1) is 7.71. The Morgan fingerprint density at radius 1 is 1.50 bits per heavy atom. The average molecular weight is 218 g/mol. The Balaban J connectivity index is 2.70. The quantitative estimate of drug-likeness (QED) is 0.793. The number of aliphatic hydroxyl groups is 1. The normalized spacial score (nSPS) is 11.6. The number of nitrogens with one attached hydrogen (secondary N) is 1. The smallest absolute Gasteiger partial charge is 0.251 e. The van der Waals surface area contributed by atoms with Crippen molar-refractivity contribution < 1.29 is 9.90 Å². The molecule has 0 saturated heterocycles. The van der Waals surface area contributed by atoms with Crippen LogP contribution in [0.3, 0.4) is 0 Å². The number of aliphatic hydroxyl groups excluding tert-OH is 1. The second-order valence-corrected chi connectivity index (χ2v) is 3.45. The van der Waals surface area contributed by atoms with Crippen molar-refractivity contribution in [2.45, 2.75) is 19.4 Å². The van der Waals surface area contributed by atoms with Crippen molar-refractivity contribution >= 4 is 5.91 Å². The van der Waals surface area contributed by atoms with Crippen molar-refractivity contribution in [2.24, 2.45) is 0 Å². The SMILES string of the molecule is CC[C@@H](CO)NC(=O)c1ccc(C#N)cc1. The molecule has 0 aliphatic carbocycles. The van der Waals surface area contributed by atoms with Gasteiger partial charge in [0.2, 0.25) is 0 Å². The number of benzene rings is 1. The van der Waals surface area contributed by atoms with Gasteiger partial charge in [-0.2, -0.15) is 5.26 Å². The van der Waals surface area contributed by atoms with Crippen molar-refractivity contribution in [1.29, 1.82) is 5.26 Å². The standard InChI is InChI=1S/C12H14N2O2/c1-2-11(8-15)14-12(16)10-5-3-9(7-13)4-6-10/h3-6,11,15H,2,8H2,1H3,(H,14,16)/t11-/m0/s1. The summed E-state index contributed by atoms with van der Waals surface area (Å²) in [6.07, 6.45) is 0.679. The lowest BCUT2D eigenvalue weighted by Crippen LogP contribution is -2.36. The van der Waals surface area contributed by atoms with Crippen LogP contribution >= 0.6 is 0 Å². The van der Waals surface area contributed by atoms with Gasteiger partial charge < -0.3 is 10.4 Å². The molecule has 84 valence electrons. The lowest BCUT2D eigenvalue weighted by atomic mass is 10.1. The fourth-order valence-corrected chi connectivity index (χ4v) is 1.24. The summed E-state index contributed by atoms with van der Waals surface area (Å²) in [5.41, 5.74) is 1.01. The largest absolute Gasteiger partial charge is 0.394 e. The van der Waals surface area contributed by atoms with Crippen LogP contribution in [0.15, 0.2) is 24.3 Å². The highest BCUT2D eigenvalue weighted by atomic mass is 16.3. The van der Waals surface area contributed by atoms with Gasteiger partial charge in [-0.25, -0.2) is 0 Å². The zero-order chi connectivity index (χ0) is 12.0. The molecule has 0 spiro atoms. The predicted molar refractivity (Wildman–Crippen MR) is 59.8 cm³/mol. The van der Waals surface area contributed by atoms with Crippen LogP contribution in [-0.2, 0) is 0 Å². The molecule has 0 fully saturated rings. The van der Waals surface area contributed by atoms with Crippen LogP contribution in [0.5, 0.6) is 0 Å². The molecule has 1 aromatic carbocycles. The fraction of sp³-hybridized carbons (Fsp3) is 0.333. The van der Waals surface area contributed by atoms with Gasteiger partial charge in [-0.05, 0) is 30.7 Å². The van der Waals surface area contributed by atoms with Gasteiger partial charge in [0.1, 0.15) is 0 Å². The molecule has 0 unspecified atom stereocenters. The van der Waals surface area contributed by atoms with Gasteiger partial charge in [0, 0.05) is 5.56 Å². The zero-order valence-corrected chi connectivity index (χ0v) is 9.10. The van der Waals surface area contributed by atoms with Crippen LogP contribution in [-0.4, -0.2) is 23.7 Å². The monoisotopic (exact) mass is 218 g/mol. The Kier molecular flexibility index (Phi) is 4.49. The molecule has 1 atom stereocenters. The summed E-state index contributed by atoms with van der Waals surface area (Å²) in [6.45, 7) is 1.82. The summed E-state index contributed by atoms with van der Waals surface area (Å²) in [6, 6.07) is 8.14. The number of carbonyl (C=O) groups excluding carboxylic acids is 1. The van der Waals surface area contributed by atoms with Crippen LogP contribution in [0.1, 0.15) is 29.3 Å². The van der Waals surface area contributed by atoms with Crippen molar-refractivity contribution in [3.63, 3.8) is 0 Å². The molecule has 1 aromatic rings. The van der Waals surface area contributed by atoms with Crippen molar-refractivity contribution in [1.82, 2.24) is 5.32 Å². The molecule has 0 saturated carbocycles. The summed E-state index contributed by atoms with van der Waals surface area (Å²) < 4.78 is 0. The number of carbonyl (C=O) groups is 1. The average Bonchev–Trinajstić information content (AvgIpc) is 2.35. The molecular weight excluding hydrogens is 204 g/mol. The van der Waals surface area contributed by atoms with Crippen LogP contribution < -0.4 is 5.32 Å². The first-order valence-corrected chi connectivity index (χ1v) is 5.13. The Hall–Kier alpha value is -1.86. The molecule has 0 bridgehead atoms. The number of nitrogens with zero attached hydrogens (tertiary/aromatic N) is 1. The Labute approximate surface area is 94.5 Å². The maximum absolute atomic E-state index is 11.7. The van der Waals surface area contributed by atoms with E-state index in [1.807, 2.05) is 13.0 Å². The Morgan fingerprint density at radius 3 is 2.56 bits per heavy atom. The van der Waals surface area contributed by atoms with Gasteiger partial charge >= 0.3 is 0 Å². The third-order valence-electron chi connectivity index (χ3n) is 2.32. The fourth-order valence-electron chi connectivity index (χ4n) is 1.24. The lowest BCUT2D eigenvalue weighted by molar-refractivity contribution is 0.0915. The van der Waals surface area contributed by atoms with Crippen LogP contribution in [0.25, 0.3) is 0 Å². The van der Waals surface area contributed by atoms with Crippen molar-refractivity contribution in [3.05, 3.63) is 35.4 Å². The number of rotatable bonds is 4. The Bertz CT molecular complexity index is 388. The van der Waals surface area contributed by atoms with Gasteiger partial charge in [-0.1, -0.05) is 6.92 Å². The highest BCUT2D eigenvalue weighted by Crippen LogP contribution is 2.04. The van der Waals surface area contributed by atoms with Gasteiger partial charge in [0.15, 0.2) is 0 Å². The van der Waals surface area contributed by atoms with Crippen LogP contribution in [0, 0.1) is 11.3 Å². The molecule has 0 radical (unpaired) electrons. The third kappa shape index (κ3) is 3.07. The number of amides is 1. The third-order valence-corrected chi connectivity index (χ3v) is 2.32. The topological polar surface area (TPSA) is 73.1 Å². The van der Waals surface area contributed by atoms with E-state index in [2.05, 4.69) is 5.32 Å². The molecule has 4 nitrogen and oxygen atoms in total. The van der Waals surface area contributed by atoms with E-state index < -0.39 is 0 Å². The van der Waals surface area contributed by atoms with Crippen LogP contribution in [0.4, 0.5) is 0 Å². The second-order valence-electron chi connectivity index (χ2n) is 3.45. The van der Waals surface area contributed by atoms with Gasteiger partial charge in [-0.15, -0.1) is 0 Å². The molecule has 2 N–H and O–H groups in total. The zero-order valence-electron chi connectivity index (χ0n) is 9.10. The number of hydrogen-bond donors (Lipinski definition) is 2. The molecule has 16 heavy (non-hydrogen) atoms. The maximum Gasteiger partial charge on any atom is 0.251 e. The molecule has 1 amide bonds. The van der Waals surface area contributed by atoms with Gasteiger partial charge in [-0.3, -0.25) is 4.79 Å². The number of nitriles is 1. The van der Waals surface area contributed by atoms with Gasteiger partial charge in [0.25, 0.3) is 5.91 Å². The van der Waals surface area contributed by atoms with E-state index in [9.17, 15) is 4.79 Å². The lowest BCUT2D eigenvalue weighted by Gasteiger charge is -2.13. The highest BCUT2D eigenvalue weighted by molar-refractivity contribution is 5.94. The second kappa shape index (κ2) is 5.89. The molecular formula is C12H14N2O2. The predicted octanol–water partition coefficient (Wildman–Crippen LogP) is 1.06. The van der Waals surface area contributed by atoms with E-state index in [-0.39, 0.29) is 18.6 Å². The molecule has 0 aliphatic heterocycles. The van der Waals surface area contributed by atoms with Crippen molar-refractivity contribution in [3.8, 4) is 6.07 Å². The summed E-state index contributed by atoms with van der Waals surface area (Å²) >= 11 is 0. The summed E-state index contributed by atoms with van der Waals surface area (Å²) in [5, 5.41) is 20.2. The highest BCUT2D eigenvalue weighted by Gasteiger charge is 2.10. The first kappa shape index (κ1) is 12.2. The molecule has 0 aromatic heterocycles. The molecule has 1 rings (SSSR count). The van der Waals surface area contributed by atoms with E-state index in [0.29, 0.717) is 17.5 Å². The van der Waals surface area contributed by atoms with Gasteiger partial charge in [0.05, 0.1) is 24.3 Å². The Morgan fingerprint density at radius 2 is 2.12 bits per heavy atom. The van der Waals surface area contributed by atoms with E-state index in [4.69, 9.17) is 10.4 Å². The molecule has 4 heteroatoms. The van der Waals surface area contributed by atoms with Crippen molar-refractivity contribution in [2.75, 3.05) is 6.61 Å². The first-order valence-electron chi connectivity index (χ1n) is 5.13. The molecule has 0 aliphatic rings. The van der Waals surface area contributed by atoms with E-state index in [1.165, 1.54) is 0 Å². The molecule has 0 heterocycles. The summed E-state index contributed by atoms with van der Waals surface area (Å²) in [7, 11) is 0. The van der Waals surface area contributed by atoms with E-state index >= 15 is 0 Å².